The Morgan fingerprint density at radius 1 is 1.04 bits per heavy atom. The Labute approximate surface area is 154 Å². The molecule has 1 N–H and O–H groups in total. The number of aliphatic hydroxyl groups is 1. The van der Waals surface area contributed by atoms with Gasteiger partial charge in [-0.3, -0.25) is 0 Å². The zero-order valence-corrected chi connectivity index (χ0v) is 14.7. The summed E-state index contributed by atoms with van der Waals surface area (Å²) in [5, 5.41) is 9.58. The van der Waals surface area contributed by atoms with E-state index in [9.17, 15) is 23.1 Å². The van der Waals surface area contributed by atoms with Crippen molar-refractivity contribution in [2.75, 3.05) is 0 Å². The van der Waals surface area contributed by atoms with Crippen LogP contribution < -0.4 is 9.47 Å². The summed E-state index contributed by atoms with van der Waals surface area (Å²) in [7, 11) is 0. The fourth-order valence-corrected chi connectivity index (χ4v) is 2.02. The lowest BCUT2D eigenvalue weighted by atomic mass is 10.0. The molecule has 0 fully saturated rings. The van der Waals surface area contributed by atoms with E-state index >= 15 is 0 Å². The predicted molar refractivity (Wildman–Crippen MR) is 93.6 cm³/mol. The van der Waals surface area contributed by atoms with E-state index in [0.29, 0.717) is 5.57 Å². The minimum Gasteiger partial charge on any atom is -0.461 e. The molecule has 2 rings (SSSR count). The molecule has 0 aliphatic carbocycles. The molecule has 2 aromatic carbocycles. The van der Waals surface area contributed by atoms with E-state index in [1.165, 1.54) is 26.0 Å². The van der Waals surface area contributed by atoms with Crippen LogP contribution in [0.3, 0.4) is 0 Å². The van der Waals surface area contributed by atoms with Crippen LogP contribution in [0, 0.1) is 17.5 Å². The Morgan fingerprint density at radius 2 is 1.67 bits per heavy atom. The second kappa shape index (κ2) is 8.09. The molecule has 2 aromatic rings. The maximum atomic E-state index is 14.4. The first-order chi connectivity index (χ1) is 12.6. The predicted octanol–water partition coefficient (Wildman–Crippen LogP) is 4.53. The second-order valence-electron chi connectivity index (χ2n) is 5.87. The third-order valence-electron chi connectivity index (χ3n) is 3.50. The van der Waals surface area contributed by atoms with Gasteiger partial charge in [0, 0.05) is 22.8 Å². The van der Waals surface area contributed by atoms with Gasteiger partial charge < -0.3 is 14.6 Å². The highest BCUT2D eigenvalue weighted by atomic mass is 19.2. The number of carbonyl (C=O) groups excluding carboxylic acids is 1. The Morgan fingerprint density at radius 3 is 2.22 bits per heavy atom. The van der Waals surface area contributed by atoms with Crippen LogP contribution in [0.15, 0.2) is 54.6 Å². The van der Waals surface area contributed by atoms with Crippen molar-refractivity contribution in [1.29, 1.82) is 0 Å². The van der Waals surface area contributed by atoms with E-state index < -0.39 is 35.5 Å². The average Bonchev–Trinajstić information content (AvgIpc) is 2.59. The molecule has 0 saturated carbocycles. The molecule has 0 aromatic heterocycles. The Bertz CT molecular complexity index is 922. The molecule has 0 aliphatic heterocycles. The molecule has 7 heteroatoms. The fraction of sp³-hybridized carbons (Fsp3) is 0.150. The minimum atomic E-state index is -1.43. The van der Waals surface area contributed by atoms with Gasteiger partial charge in [-0.25, -0.2) is 13.6 Å². The van der Waals surface area contributed by atoms with Crippen LogP contribution in [0.2, 0.25) is 0 Å². The molecule has 0 amide bonds. The van der Waals surface area contributed by atoms with Crippen LogP contribution in [0.1, 0.15) is 13.8 Å². The largest absolute Gasteiger partial charge is 0.461 e. The zero-order valence-electron chi connectivity index (χ0n) is 14.7. The molecule has 142 valence electrons. The van der Waals surface area contributed by atoms with E-state index in [2.05, 4.69) is 13.2 Å². The standard InChI is InChI=1S/C20H17F3O4/c1-10(2)19(24)26-12-5-6-13(15(21)9-12)14-7-8-16(18(23)17(14)22)27-20(25)11(3)4/h5-9,19,24H,1,3H2,2,4H3. The van der Waals surface area contributed by atoms with Crippen molar-refractivity contribution in [1.82, 2.24) is 0 Å². The molecule has 0 spiro atoms. The first-order valence-electron chi connectivity index (χ1n) is 7.77. The van der Waals surface area contributed by atoms with Gasteiger partial charge in [0.1, 0.15) is 11.6 Å². The molecule has 1 atom stereocenters. The van der Waals surface area contributed by atoms with Gasteiger partial charge in [0.2, 0.25) is 12.1 Å². The van der Waals surface area contributed by atoms with Gasteiger partial charge in [0.15, 0.2) is 11.6 Å². The van der Waals surface area contributed by atoms with Gasteiger partial charge in [0.05, 0.1) is 0 Å². The molecule has 0 radical (unpaired) electrons. The molecule has 0 saturated heterocycles. The van der Waals surface area contributed by atoms with Gasteiger partial charge in [-0.15, -0.1) is 0 Å². The monoisotopic (exact) mass is 378 g/mol. The van der Waals surface area contributed by atoms with Crippen LogP contribution in [0.25, 0.3) is 11.1 Å². The molecule has 4 nitrogen and oxygen atoms in total. The first kappa shape index (κ1) is 20.3. The summed E-state index contributed by atoms with van der Waals surface area (Å²) in [4.78, 5) is 11.4. The third kappa shape index (κ3) is 4.57. The number of hydrogen-bond donors (Lipinski definition) is 1. The smallest absolute Gasteiger partial charge is 0.338 e. The highest BCUT2D eigenvalue weighted by molar-refractivity contribution is 5.88. The number of esters is 1. The number of hydrogen-bond acceptors (Lipinski definition) is 4. The van der Waals surface area contributed by atoms with Gasteiger partial charge in [-0.2, -0.15) is 4.39 Å². The number of halogens is 3. The van der Waals surface area contributed by atoms with E-state index in [1.807, 2.05) is 0 Å². The summed E-state index contributed by atoms with van der Waals surface area (Å²) in [6.45, 7) is 9.72. The average molecular weight is 378 g/mol. The number of carbonyl (C=O) groups is 1. The third-order valence-corrected chi connectivity index (χ3v) is 3.50. The number of rotatable bonds is 6. The molecule has 0 heterocycles. The van der Waals surface area contributed by atoms with Crippen molar-refractivity contribution in [2.24, 2.45) is 0 Å². The Kier molecular flexibility index (Phi) is 6.07. The maximum Gasteiger partial charge on any atom is 0.338 e. The zero-order chi connectivity index (χ0) is 20.3. The first-order valence-corrected chi connectivity index (χ1v) is 7.77. The normalized spacial score (nSPS) is 11.6. The number of ether oxygens (including phenoxy) is 2. The fourth-order valence-electron chi connectivity index (χ4n) is 2.02. The van der Waals surface area contributed by atoms with Crippen LogP contribution in [0.5, 0.6) is 11.5 Å². The van der Waals surface area contributed by atoms with E-state index in [0.717, 1.165) is 18.2 Å². The topological polar surface area (TPSA) is 55.8 Å². The minimum absolute atomic E-state index is 0.0115. The highest BCUT2D eigenvalue weighted by Gasteiger charge is 2.20. The van der Waals surface area contributed by atoms with Crippen molar-refractivity contribution in [3.05, 3.63) is 72.1 Å². The van der Waals surface area contributed by atoms with E-state index in [1.54, 1.807) is 0 Å². The molecule has 0 bridgehead atoms. The second-order valence-corrected chi connectivity index (χ2v) is 5.87. The summed E-state index contributed by atoms with van der Waals surface area (Å²) in [6, 6.07) is 5.49. The van der Waals surface area contributed by atoms with Gasteiger partial charge >= 0.3 is 5.97 Å². The van der Waals surface area contributed by atoms with E-state index in [-0.39, 0.29) is 22.4 Å². The SMILES string of the molecule is C=C(C)C(=O)Oc1ccc(-c2ccc(OC(O)C(=C)C)cc2F)c(F)c1F. The van der Waals surface area contributed by atoms with Crippen molar-refractivity contribution in [2.45, 2.75) is 20.1 Å². The van der Waals surface area contributed by atoms with Crippen LogP contribution in [-0.4, -0.2) is 17.4 Å². The van der Waals surface area contributed by atoms with Crippen LogP contribution in [-0.2, 0) is 4.79 Å². The van der Waals surface area contributed by atoms with Crippen molar-refractivity contribution in [3.8, 4) is 22.6 Å². The van der Waals surface area contributed by atoms with Crippen LogP contribution >= 0.6 is 0 Å². The summed E-state index contributed by atoms with van der Waals surface area (Å²) in [6.07, 6.45) is -1.33. The highest BCUT2D eigenvalue weighted by Crippen LogP contribution is 2.33. The summed E-state index contributed by atoms with van der Waals surface area (Å²) >= 11 is 0. The lowest BCUT2D eigenvalue weighted by molar-refractivity contribution is -0.130. The lowest BCUT2D eigenvalue weighted by Gasteiger charge is -2.14. The molecular formula is C20H17F3O4. The summed E-state index contributed by atoms with van der Waals surface area (Å²) in [5.74, 6) is -5.26. The van der Waals surface area contributed by atoms with Crippen LogP contribution in [0.4, 0.5) is 13.2 Å². The van der Waals surface area contributed by atoms with Crippen molar-refractivity contribution in [3.63, 3.8) is 0 Å². The molecule has 27 heavy (non-hydrogen) atoms. The Balaban J connectivity index is 2.35. The van der Waals surface area contributed by atoms with Crippen molar-refractivity contribution < 1.29 is 32.5 Å². The summed E-state index contributed by atoms with van der Waals surface area (Å²) in [5.41, 5.74) is -0.279. The van der Waals surface area contributed by atoms with E-state index in [4.69, 9.17) is 9.47 Å². The molecule has 0 aliphatic rings. The number of aliphatic hydroxyl groups excluding tert-OH is 1. The molecule has 1 unspecified atom stereocenters. The Hall–Kier alpha value is -3.06. The lowest BCUT2D eigenvalue weighted by Crippen LogP contribution is -2.16. The number of benzene rings is 2. The maximum absolute atomic E-state index is 14.4. The van der Waals surface area contributed by atoms with Crippen molar-refractivity contribution >= 4 is 5.97 Å². The quantitative estimate of drug-likeness (QED) is 0.264. The van der Waals surface area contributed by atoms with Gasteiger partial charge in [0.25, 0.3) is 0 Å². The summed E-state index contributed by atoms with van der Waals surface area (Å²) < 4.78 is 52.6. The van der Waals surface area contributed by atoms with Gasteiger partial charge in [-0.1, -0.05) is 13.2 Å². The molecular weight excluding hydrogens is 361 g/mol. The van der Waals surface area contributed by atoms with Gasteiger partial charge in [-0.05, 0) is 43.7 Å².